The van der Waals surface area contributed by atoms with Gasteiger partial charge in [0.15, 0.2) is 0 Å². The fourth-order valence-corrected chi connectivity index (χ4v) is 2.80. The summed E-state index contributed by atoms with van der Waals surface area (Å²) < 4.78 is 18.7. The van der Waals surface area contributed by atoms with E-state index in [-0.39, 0.29) is 11.9 Å². The molecule has 0 radical (unpaired) electrons. The van der Waals surface area contributed by atoms with E-state index in [0.717, 1.165) is 37.9 Å². The lowest BCUT2D eigenvalue weighted by Gasteiger charge is -2.37. The molecule has 0 aromatic heterocycles. The van der Waals surface area contributed by atoms with Crippen LogP contribution in [0.25, 0.3) is 0 Å². The van der Waals surface area contributed by atoms with Gasteiger partial charge in [-0.2, -0.15) is 0 Å². The van der Waals surface area contributed by atoms with Crippen LogP contribution in [-0.2, 0) is 11.2 Å². The van der Waals surface area contributed by atoms with Crippen molar-refractivity contribution < 1.29 is 9.13 Å². The predicted octanol–water partition coefficient (Wildman–Crippen LogP) is 2.41. The molecule has 1 saturated carbocycles. The molecule has 0 spiro atoms. The predicted molar refractivity (Wildman–Crippen MR) is 74.0 cm³/mol. The van der Waals surface area contributed by atoms with Crippen LogP contribution in [0.2, 0.25) is 0 Å². The molecule has 1 fully saturated rings. The highest BCUT2D eigenvalue weighted by molar-refractivity contribution is 5.17. The van der Waals surface area contributed by atoms with Crippen LogP contribution in [0.15, 0.2) is 24.3 Å². The molecule has 0 saturated heterocycles. The van der Waals surface area contributed by atoms with Gasteiger partial charge in [-0.05, 0) is 56.2 Å². The number of rotatable bonds is 7. The Bertz CT molecular complexity index is 393. The second-order valence-corrected chi connectivity index (χ2v) is 5.35. The normalized spacial score (nSPS) is 23.9. The molecule has 1 aliphatic rings. The second kappa shape index (κ2) is 6.98. The van der Waals surface area contributed by atoms with Crippen molar-refractivity contribution in [3.8, 4) is 0 Å². The van der Waals surface area contributed by atoms with Gasteiger partial charge >= 0.3 is 0 Å². The summed E-state index contributed by atoms with van der Waals surface area (Å²) in [5.74, 6) is 6.09. The summed E-state index contributed by atoms with van der Waals surface area (Å²) in [5.41, 5.74) is 3.84. The van der Waals surface area contributed by atoms with Crippen molar-refractivity contribution in [2.24, 2.45) is 11.8 Å². The molecule has 4 heteroatoms. The lowest BCUT2D eigenvalue weighted by Crippen LogP contribution is -2.42. The minimum Gasteiger partial charge on any atom is -0.378 e. The second-order valence-electron chi connectivity index (χ2n) is 5.35. The molecule has 3 nitrogen and oxygen atoms in total. The van der Waals surface area contributed by atoms with Crippen LogP contribution in [0.3, 0.4) is 0 Å². The molecule has 106 valence electrons. The van der Waals surface area contributed by atoms with E-state index in [1.54, 1.807) is 12.1 Å². The highest BCUT2D eigenvalue weighted by Crippen LogP contribution is 2.33. The lowest BCUT2D eigenvalue weighted by molar-refractivity contribution is -0.0290. The van der Waals surface area contributed by atoms with Gasteiger partial charge in [0.05, 0.1) is 6.10 Å². The quantitative estimate of drug-likeness (QED) is 0.588. The Kier molecular flexibility index (Phi) is 5.31. The van der Waals surface area contributed by atoms with Gasteiger partial charge in [-0.15, -0.1) is 0 Å². The SMILES string of the molecule is CCOC1CC(CC(Cc2cccc(F)c2)NN)C1. The Hall–Kier alpha value is -0.970. The first kappa shape index (κ1) is 14.4. The molecule has 0 amide bonds. The summed E-state index contributed by atoms with van der Waals surface area (Å²) in [5, 5.41) is 0. The van der Waals surface area contributed by atoms with Crippen LogP contribution >= 0.6 is 0 Å². The van der Waals surface area contributed by atoms with E-state index in [4.69, 9.17) is 10.6 Å². The van der Waals surface area contributed by atoms with Gasteiger partial charge in [0.1, 0.15) is 5.82 Å². The average molecular weight is 266 g/mol. The number of nitrogens with two attached hydrogens (primary N) is 1. The molecule has 1 aromatic rings. The van der Waals surface area contributed by atoms with Gasteiger partial charge in [-0.1, -0.05) is 12.1 Å². The third-order valence-corrected chi connectivity index (χ3v) is 3.82. The summed E-state index contributed by atoms with van der Waals surface area (Å²) >= 11 is 0. The number of hydrazine groups is 1. The Morgan fingerprint density at radius 1 is 1.47 bits per heavy atom. The maximum absolute atomic E-state index is 13.1. The topological polar surface area (TPSA) is 47.3 Å². The molecular formula is C15H23FN2O. The monoisotopic (exact) mass is 266 g/mol. The van der Waals surface area contributed by atoms with Gasteiger partial charge in [-0.25, -0.2) is 4.39 Å². The first-order valence-corrected chi connectivity index (χ1v) is 7.03. The van der Waals surface area contributed by atoms with Gasteiger partial charge < -0.3 is 4.74 Å². The molecule has 0 aliphatic heterocycles. The van der Waals surface area contributed by atoms with Crippen molar-refractivity contribution >= 4 is 0 Å². The van der Waals surface area contributed by atoms with E-state index in [0.29, 0.717) is 12.0 Å². The summed E-state index contributed by atoms with van der Waals surface area (Å²) in [6.07, 6.45) is 4.47. The first-order chi connectivity index (χ1) is 9.21. The summed E-state index contributed by atoms with van der Waals surface area (Å²) in [4.78, 5) is 0. The molecule has 1 unspecified atom stereocenters. The zero-order chi connectivity index (χ0) is 13.7. The van der Waals surface area contributed by atoms with Gasteiger partial charge in [0.25, 0.3) is 0 Å². The minimum atomic E-state index is -0.187. The first-order valence-electron chi connectivity index (χ1n) is 7.03. The smallest absolute Gasteiger partial charge is 0.123 e. The third kappa shape index (κ3) is 4.27. The minimum absolute atomic E-state index is 0.187. The third-order valence-electron chi connectivity index (χ3n) is 3.82. The number of hydrogen-bond donors (Lipinski definition) is 2. The van der Waals surface area contributed by atoms with Gasteiger partial charge in [0, 0.05) is 12.6 Å². The van der Waals surface area contributed by atoms with E-state index in [2.05, 4.69) is 5.43 Å². The highest BCUT2D eigenvalue weighted by Gasteiger charge is 2.31. The molecular weight excluding hydrogens is 243 g/mol. The van der Waals surface area contributed by atoms with E-state index in [1.165, 1.54) is 6.07 Å². The Balaban J connectivity index is 1.78. The summed E-state index contributed by atoms with van der Waals surface area (Å²) in [6, 6.07) is 6.93. The van der Waals surface area contributed by atoms with Crippen molar-refractivity contribution in [2.45, 2.75) is 44.8 Å². The number of hydrogen-bond acceptors (Lipinski definition) is 3. The average Bonchev–Trinajstić information content (AvgIpc) is 2.35. The van der Waals surface area contributed by atoms with Crippen LogP contribution in [0.5, 0.6) is 0 Å². The molecule has 1 aliphatic carbocycles. The standard InChI is InChI=1S/C15H23FN2O/c1-2-19-15-9-12(10-15)8-14(18-17)7-11-4-3-5-13(16)6-11/h3-6,12,14-15,18H,2,7-10,17H2,1H3. The van der Waals surface area contributed by atoms with E-state index in [1.807, 2.05) is 13.0 Å². The number of halogens is 1. The van der Waals surface area contributed by atoms with E-state index < -0.39 is 0 Å². The maximum Gasteiger partial charge on any atom is 0.123 e. The Morgan fingerprint density at radius 3 is 2.89 bits per heavy atom. The zero-order valence-corrected chi connectivity index (χ0v) is 11.4. The van der Waals surface area contributed by atoms with E-state index in [9.17, 15) is 4.39 Å². The molecule has 2 rings (SSSR count). The zero-order valence-electron chi connectivity index (χ0n) is 11.4. The largest absolute Gasteiger partial charge is 0.378 e. The van der Waals surface area contributed by atoms with Crippen LogP contribution < -0.4 is 11.3 Å². The molecule has 0 heterocycles. The van der Waals surface area contributed by atoms with Crippen LogP contribution in [0, 0.1) is 11.7 Å². The number of benzene rings is 1. The maximum atomic E-state index is 13.1. The van der Waals surface area contributed by atoms with E-state index >= 15 is 0 Å². The van der Waals surface area contributed by atoms with Gasteiger partial charge in [-0.3, -0.25) is 11.3 Å². The number of nitrogens with one attached hydrogen (secondary N) is 1. The summed E-state index contributed by atoms with van der Waals surface area (Å²) in [7, 11) is 0. The van der Waals surface area contributed by atoms with Crippen molar-refractivity contribution in [2.75, 3.05) is 6.61 Å². The fraction of sp³-hybridized carbons (Fsp3) is 0.600. The molecule has 19 heavy (non-hydrogen) atoms. The van der Waals surface area contributed by atoms with Crippen molar-refractivity contribution in [3.05, 3.63) is 35.6 Å². The summed E-state index contributed by atoms with van der Waals surface area (Å²) in [6.45, 7) is 2.82. The van der Waals surface area contributed by atoms with Crippen molar-refractivity contribution in [1.82, 2.24) is 5.43 Å². The van der Waals surface area contributed by atoms with Crippen LogP contribution in [-0.4, -0.2) is 18.8 Å². The number of ether oxygens (including phenoxy) is 1. The van der Waals surface area contributed by atoms with Crippen LogP contribution in [0.4, 0.5) is 4.39 Å². The lowest BCUT2D eigenvalue weighted by atomic mass is 9.77. The molecule has 1 aromatic carbocycles. The molecule has 0 bridgehead atoms. The molecule has 3 N–H and O–H groups in total. The Morgan fingerprint density at radius 2 is 2.26 bits per heavy atom. The van der Waals surface area contributed by atoms with Crippen molar-refractivity contribution in [1.29, 1.82) is 0 Å². The fourth-order valence-electron chi connectivity index (χ4n) is 2.80. The highest BCUT2D eigenvalue weighted by atomic mass is 19.1. The van der Waals surface area contributed by atoms with Crippen molar-refractivity contribution in [3.63, 3.8) is 0 Å². The van der Waals surface area contributed by atoms with Gasteiger partial charge in [0.2, 0.25) is 0 Å². The molecule has 1 atom stereocenters. The Labute approximate surface area is 114 Å². The van der Waals surface area contributed by atoms with Crippen LogP contribution in [0.1, 0.15) is 31.7 Å².